The molecule has 8 heteroatoms. The Labute approximate surface area is 170 Å². The van der Waals surface area contributed by atoms with Crippen LogP contribution in [-0.4, -0.2) is 36.7 Å². The van der Waals surface area contributed by atoms with Gasteiger partial charge in [-0.1, -0.05) is 32.0 Å². The highest BCUT2D eigenvalue weighted by atomic mass is 16.6. The molecule has 0 atom stereocenters. The van der Waals surface area contributed by atoms with Crippen molar-refractivity contribution in [2.24, 2.45) is 5.10 Å². The van der Waals surface area contributed by atoms with Gasteiger partial charge in [0.2, 0.25) is 0 Å². The molecule has 29 heavy (non-hydrogen) atoms. The lowest BCUT2D eigenvalue weighted by molar-refractivity contribution is -0.384. The summed E-state index contributed by atoms with van der Waals surface area (Å²) in [6.45, 7) is 6.06. The summed E-state index contributed by atoms with van der Waals surface area (Å²) in [5, 5.41) is 14.7. The van der Waals surface area contributed by atoms with Gasteiger partial charge in [0.25, 0.3) is 11.6 Å². The van der Waals surface area contributed by atoms with Crippen molar-refractivity contribution >= 4 is 23.5 Å². The van der Waals surface area contributed by atoms with Crippen LogP contribution < -0.4 is 15.1 Å². The average molecular weight is 398 g/mol. The Morgan fingerprint density at radius 2 is 1.86 bits per heavy atom. The van der Waals surface area contributed by atoms with Gasteiger partial charge in [0.05, 0.1) is 17.2 Å². The SMILES string of the molecule is CCCN(CCC)c1ccc(C=NNC(=O)COc2cccc([N+](=O)[O-])c2)cc1. The van der Waals surface area contributed by atoms with E-state index in [1.54, 1.807) is 12.3 Å². The molecule has 0 saturated carbocycles. The molecule has 1 N–H and O–H groups in total. The molecule has 2 aromatic carbocycles. The summed E-state index contributed by atoms with van der Waals surface area (Å²) in [6, 6.07) is 13.6. The standard InChI is InChI=1S/C21H26N4O4/c1-3-12-24(13-4-2)18-10-8-17(9-11-18)15-22-23-21(26)16-29-20-7-5-6-19(14-20)25(27)28/h5-11,14-15H,3-4,12-13,16H2,1-2H3,(H,23,26). The Bertz CT molecular complexity index is 831. The number of carbonyl (C=O) groups is 1. The van der Waals surface area contributed by atoms with Gasteiger partial charge in [-0.3, -0.25) is 14.9 Å². The third-order valence-corrected chi connectivity index (χ3v) is 4.05. The summed E-state index contributed by atoms with van der Waals surface area (Å²) in [4.78, 5) is 24.4. The monoisotopic (exact) mass is 398 g/mol. The molecule has 0 saturated heterocycles. The van der Waals surface area contributed by atoms with Crippen LogP contribution in [0.4, 0.5) is 11.4 Å². The van der Waals surface area contributed by atoms with E-state index in [4.69, 9.17) is 4.74 Å². The van der Waals surface area contributed by atoms with Crippen molar-refractivity contribution < 1.29 is 14.5 Å². The van der Waals surface area contributed by atoms with Gasteiger partial charge in [0.1, 0.15) is 5.75 Å². The molecule has 0 heterocycles. The van der Waals surface area contributed by atoms with Crippen LogP contribution in [0.25, 0.3) is 0 Å². The normalized spacial score (nSPS) is 10.7. The predicted octanol–water partition coefficient (Wildman–Crippen LogP) is 3.75. The third-order valence-electron chi connectivity index (χ3n) is 4.05. The van der Waals surface area contributed by atoms with Gasteiger partial charge in [-0.2, -0.15) is 5.10 Å². The second kappa shape index (κ2) is 11.4. The summed E-state index contributed by atoms with van der Waals surface area (Å²) in [5.41, 5.74) is 4.31. The smallest absolute Gasteiger partial charge is 0.277 e. The van der Waals surface area contributed by atoms with Crippen molar-refractivity contribution in [3.05, 3.63) is 64.2 Å². The maximum atomic E-state index is 11.8. The average Bonchev–Trinajstić information content (AvgIpc) is 2.73. The molecule has 154 valence electrons. The van der Waals surface area contributed by atoms with Crippen molar-refractivity contribution in [3.8, 4) is 5.75 Å². The van der Waals surface area contributed by atoms with Crippen LogP contribution in [0.1, 0.15) is 32.3 Å². The first-order valence-electron chi connectivity index (χ1n) is 9.57. The molecule has 0 aromatic heterocycles. The van der Waals surface area contributed by atoms with Crippen LogP contribution in [0.3, 0.4) is 0 Å². The number of non-ortho nitro benzene ring substituents is 1. The number of nitrogens with zero attached hydrogens (tertiary/aromatic N) is 3. The summed E-state index contributed by atoms with van der Waals surface area (Å²) < 4.78 is 5.25. The van der Waals surface area contributed by atoms with E-state index in [9.17, 15) is 14.9 Å². The van der Waals surface area contributed by atoms with Crippen molar-refractivity contribution in [2.45, 2.75) is 26.7 Å². The quantitative estimate of drug-likeness (QED) is 0.353. The van der Waals surface area contributed by atoms with E-state index in [0.717, 1.165) is 31.5 Å². The number of nitro benzene ring substituents is 1. The number of benzene rings is 2. The number of hydrazone groups is 1. The Balaban J connectivity index is 1.83. The fourth-order valence-corrected chi connectivity index (χ4v) is 2.73. The molecule has 2 rings (SSSR count). The van der Waals surface area contributed by atoms with Crippen LogP contribution in [0.5, 0.6) is 5.75 Å². The van der Waals surface area contributed by atoms with E-state index in [1.807, 2.05) is 24.3 Å². The highest BCUT2D eigenvalue weighted by molar-refractivity contribution is 5.83. The Hall–Kier alpha value is -3.42. The number of hydrogen-bond donors (Lipinski definition) is 1. The van der Waals surface area contributed by atoms with Crippen molar-refractivity contribution in [1.29, 1.82) is 0 Å². The third kappa shape index (κ3) is 7.25. The Morgan fingerprint density at radius 1 is 1.17 bits per heavy atom. The summed E-state index contributed by atoms with van der Waals surface area (Å²) >= 11 is 0. The van der Waals surface area contributed by atoms with Gasteiger partial charge in [-0.15, -0.1) is 0 Å². The first kappa shape index (κ1) is 21.9. The fourth-order valence-electron chi connectivity index (χ4n) is 2.73. The van der Waals surface area contributed by atoms with Gasteiger partial charge in [-0.05, 0) is 36.6 Å². The molecule has 0 bridgehead atoms. The molecular formula is C21H26N4O4. The topological polar surface area (TPSA) is 97.1 Å². The zero-order valence-electron chi connectivity index (χ0n) is 16.7. The number of hydrogen-bond acceptors (Lipinski definition) is 6. The predicted molar refractivity (Wildman–Crippen MR) is 114 cm³/mol. The van der Waals surface area contributed by atoms with E-state index < -0.39 is 10.8 Å². The van der Waals surface area contributed by atoms with Crippen molar-refractivity contribution in [3.63, 3.8) is 0 Å². The lowest BCUT2D eigenvalue weighted by Crippen LogP contribution is -2.25. The highest BCUT2D eigenvalue weighted by Crippen LogP contribution is 2.19. The molecule has 8 nitrogen and oxygen atoms in total. The zero-order chi connectivity index (χ0) is 21.1. The van der Waals surface area contributed by atoms with Gasteiger partial charge in [-0.25, -0.2) is 5.43 Å². The molecule has 0 fully saturated rings. The van der Waals surface area contributed by atoms with Crippen molar-refractivity contribution in [1.82, 2.24) is 5.43 Å². The molecule has 0 aliphatic rings. The number of rotatable bonds is 11. The van der Waals surface area contributed by atoms with Crippen molar-refractivity contribution in [2.75, 3.05) is 24.6 Å². The molecule has 0 spiro atoms. The number of anilines is 1. The second-order valence-electron chi connectivity index (χ2n) is 6.41. The Morgan fingerprint density at radius 3 is 2.48 bits per heavy atom. The fraction of sp³-hybridized carbons (Fsp3) is 0.333. The summed E-state index contributed by atoms with van der Waals surface area (Å²) in [6.07, 6.45) is 3.74. The molecule has 2 aromatic rings. The van der Waals surface area contributed by atoms with Crippen LogP contribution in [0.2, 0.25) is 0 Å². The lowest BCUT2D eigenvalue weighted by Gasteiger charge is -2.23. The zero-order valence-corrected chi connectivity index (χ0v) is 16.7. The molecule has 1 amide bonds. The Kier molecular flexibility index (Phi) is 8.62. The lowest BCUT2D eigenvalue weighted by atomic mass is 10.2. The minimum absolute atomic E-state index is 0.0965. The van der Waals surface area contributed by atoms with Gasteiger partial charge < -0.3 is 9.64 Å². The van der Waals surface area contributed by atoms with Crippen LogP contribution in [-0.2, 0) is 4.79 Å². The maximum absolute atomic E-state index is 11.8. The number of nitrogens with one attached hydrogen (secondary N) is 1. The van der Waals surface area contributed by atoms with E-state index in [-0.39, 0.29) is 18.0 Å². The highest BCUT2D eigenvalue weighted by Gasteiger charge is 2.08. The van der Waals surface area contributed by atoms with Gasteiger partial charge in [0.15, 0.2) is 6.61 Å². The second-order valence-corrected chi connectivity index (χ2v) is 6.41. The minimum atomic E-state index is -0.522. The largest absolute Gasteiger partial charge is 0.483 e. The number of amides is 1. The first-order valence-corrected chi connectivity index (χ1v) is 9.57. The number of nitro groups is 1. The van der Waals surface area contributed by atoms with E-state index in [2.05, 4.69) is 29.3 Å². The number of carbonyl (C=O) groups excluding carboxylic acids is 1. The van der Waals surface area contributed by atoms with Crippen LogP contribution in [0, 0.1) is 10.1 Å². The summed E-state index contributed by atoms with van der Waals surface area (Å²) in [5.74, 6) is -0.209. The molecular weight excluding hydrogens is 372 g/mol. The molecule has 0 aliphatic carbocycles. The molecule has 0 unspecified atom stereocenters. The molecule has 0 aliphatic heterocycles. The van der Waals surface area contributed by atoms with Gasteiger partial charge in [0, 0.05) is 24.8 Å². The maximum Gasteiger partial charge on any atom is 0.277 e. The summed E-state index contributed by atoms with van der Waals surface area (Å²) in [7, 11) is 0. The van der Waals surface area contributed by atoms with E-state index in [1.165, 1.54) is 23.9 Å². The van der Waals surface area contributed by atoms with Crippen LogP contribution >= 0.6 is 0 Å². The van der Waals surface area contributed by atoms with E-state index in [0.29, 0.717) is 0 Å². The molecule has 0 radical (unpaired) electrons. The number of ether oxygens (including phenoxy) is 1. The minimum Gasteiger partial charge on any atom is -0.483 e. The van der Waals surface area contributed by atoms with Crippen LogP contribution in [0.15, 0.2) is 53.6 Å². The van der Waals surface area contributed by atoms with E-state index >= 15 is 0 Å². The first-order chi connectivity index (χ1) is 14.0. The van der Waals surface area contributed by atoms with Gasteiger partial charge >= 0.3 is 0 Å².